The van der Waals surface area contributed by atoms with Gasteiger partial charge >= 0.3 is 0 Å². The summed E-state index contributed by atoms with van der Waals surface area (Å²) in [4.78, 5) is 4.62. The summed E-state index contributed by atoms with van der Waals surface area (Å²) >= 11 is 0. The number of hydrogen-bond donors (Lipinski definition) is 0. The number of methoxy groups -OCH3 is 1. The Morgan fingerprint density at radius 1 is 0.926 bits per heavy atom. The highest BCUT2D eigenvalue weighted by Crippen LogP contribution is 2.34. The molecule has 5 rings (SSSR count). The van der Waals surface area contributed by atoms with E-state index in [0.717, 1.165) is 34.2 Å². The molecule has 0 spiro atoms. The molecule has 0 aliphatic heterocycles. The van der Waals surface area contributed by atoms with Crippen LogP contribution < -0.4 is 4.74 Å². The lowest BCUT2D eigenvalue weighted by Crippen LogP contribution is -1.94. The minimum absolute atomic E-state index is 0.870. The molecular formula is C24H20N2O. The molecule has 0 atom stereocenters. The van der Waals surface area contributed by atoms with Crippen LogP contribution >= 0.6 is 0 Å². The second-order valence-corrected chi connectivity index (χ2v) is 6.81. The monoisotopic (exact) mass is 352 g/mol. The average Bonchev–Trinajstić information content (AvgIpc) is 3.12. The maximum Gasteiger partial charge on any atom is 0.119 e. The fourth-order valence-electron chi connectivity index (χ4n) is 3.84. The smallest absolute Gasteiger partial charge is 0.119 e. The molecule has 3 nitrogen and oxygen atoms in total. The van der Waals surface area contributed by atoms with Crippen molar-refractivity contribution in [1.82, 2.24) is 9.38 Å². The van der Waals surface area contributed by atoms with Crippen LogP contribution in [0.5, 0.6) is 5.75 Å². The van der Waals surface area contributed by atoms with Crippen LogP contribution in [0.3, 0.4) is 0 Å². The van der Waals surface area contributed by atoms with Gasteiger partial charge in [0.2, 0.25) is 0 Å². The van der Waals surface area contributed by atoms with E-state index in [0.29, 0.717) is 0 Å². The highest BCUT2D eigenvalue weighted by Gasteiger charge is 2.13. The van der Waals surface area contributed by atoms with Crippen molar-refractivity contribution >= 4 is 27.3 Å². The maximum absolute atomic E-state index is 5.42. The summed E-state index contributed by atoms with van der Waals surface area (Å²) in [6.45, 7) is 2.18. The number of fused-ring (bicyclic) bond motifs is 5. The van der Waals surface area contributed by atoms with E-state index in [1.54, 1.807) is 7.11 Å². The molecule has 3 aromatic heterocycles. The first kappa shape index (κ1) is 15.9. The van der Waals surface area contributed by atoms with Gasteiger partial charge in [-0.25, -0.2) is 0 Å². The maximum atomic E-state index is 5.42. The Hall–Kier alpha value is -3.33. The van der Waals surface area contributed by atoms with Gasteiger partial charge in [-0.05, 0) is 60.0 Å². The van der Waals surface area contributed by atoms with Crippen molar-refractivity contribution in [2.75, 3.05) is 7.11 Å². The summed E-state index contributed by atoms with van der Waals surface area (Å²) in [7, 11) is 1.71. The van der Waals surface area contributed by atoms with Crippen molar-refractivity contribution in [3.05, 3.63) is 78.5 Å². The zero-order chi connectivity index (χ0) is 18.4. The largest absolute Gasteiger partial charge is 0.497 e. The number of rotatable bonds is 3. The molecule has 3 heteroatoms. The second-order valence-electron chi connectivity index (χ2n) is 6.81. The quantitative estimate of drug-likeness (QED) is 0.405. The standard InChI is InChI=1S/C24H20N2O/c1-3-16-6-8-17(9-7-16)23-15-21-20(5-4-12-25-21)24-14-18-13-19(27-2)10-11-22(18)26(23)24/h4-15H,3H2,1-2H3. The molecule has 0 bridgehead atoms. The van der Waals surface area contributed by atoms with E-state index in [9.17, 15) is 0 Å². The van der Waals surface area contributed by atoms with E-state index in [1.165, 1.54) is 22.2 Å². The Morgan fingerprint density at radius 2 is 1.78 bits per heavy atom. The predicted molar refractivity (Wildman–Crippen MR) is 112 cm³/mol. The molecule has 27 heavy (non-hydrogen) atoms. The third-order valence-corrected chi connectivity index (χ3v) is 5.30. The molecular weight excluding hydrogens is 332 g/mol. The fraction of sp³-hybridized carbons (Fsp3) is 0.125. The summed E-state index contributed by atoms with van der Waals surface area (Å²) in [6.07, 6.45) is 2.90. The van der Waals surface area contributed by atoms with Crippen molar-refractivity contribution in [2.45, 2.75) is 13.3 Å². The van der Waals surface area contributed by atoms with Crippen LogP contribution in [0.15, 0.2) is 72.9 Å². The first-order chi connectivity index (χ1) is 13.3. The van der Waals surface area contributed by atoms with E-state index in [-0.39, 0.29) is 0 Å². The number of aryl methyl sites for hydroxylation is 1. The van der Waals surface area contributed by atoms with E-state index in [2.05, 4.69) is 70.9 Å². The number of benzene rings is 2. The van der Waals surface area contributed by atoms with Crippen LogP contribution in [0.2, 0.25) is 0 Å². The average molecular weight is 352 g/mol. The first-order valence-corrected chi connectivity index (χ1v) is 9.25. The molecule has 5 aromatic rings. The van der Waals surface area contributed by atoms with Crippen molar-refractivity contribution in [2.24, 2.45) is 0 Å². The van der Waals surface area contributed by atoms with Gasteiger partial charge in [-0.2, -0.15) is 0 Å². The van der Waals surface area contributed by atoms with Crippen LogP contribution in [0.1, 0.15) is 12.5 Å². The van der Waals surface area contributed by atoms with Gasteiger partial charge in [0.1, 0.15) is 5.75 Å². The van der Waals surface area contributed by atoms with Gasteiger partial charge in [0, 0.05) is 17.0 Å². The van der Waals surface area contributed by atoms with Crippen LogP contribution in [0.25, 0.3) is 38.6 Å². The number of aromatic nitrogens is 2. The molecule has 0 saturated carbocycles. The number of ether oxygens (including phenoxy) is 1. The van der Waals surface area contributed by atoms with Crippen LogP contribution in [0, 0.1) is 0 Å². The summed E-state index contributed by atoms with van der Waals surface area (Å²) < 4.78 is 7.76. The van der Waals surface area contributed by atoms with Gasteiger partial charge in [-0.15, -0.1) is 0 Å². The van der Waals surface area contributed by atoms with Crippen molar-refractivity contribution in [3.63, 3.8) is 0 Å². The summed E-state index contributed by atoms with van der Waals surface area (Å²) in [6, 6.07) is 23.6. The summed E-state index contributed by atoms with van der Waals surface area (Å²) in [5.41, 5.74) is 7.03. The van der Waals surface area contributed by atoms with Gasteiger partial charge in [0.15, 0.2) is 0 Å². The van der Waals surface area contributed by atoms with E-state index >= 15 is 0 Å². The van der Waals surface area contributed by atoms with Crippen LogP contribution in [0.4, 0.5) is 0 Å². The van der Waals surface area contributed by atoms with Crippen molar-refractivity contribution in [3.8, 4) is 17.0 Å². The van der Waals surface area contributed by atoms with Gasteiger partial charge in [0.05, 0.1) is 29.4 Å². The lowest BCUT2D eigenvalue weighted by molar-refractivity contribution is 0.415. The number of hydrogen-bond acceptors (Lipinski definition) is 2. The second kappa shape index (κ2) is 6.13. The zero-order valence-corrected chi connectivity index (χ0v) is 15.4. The van der Waals surface area contributed by atoms with E-state index in [4.69, 9.17) is 4.74 Å². The molecule has 0 fully saturated rings. The molecule has 0 amide bonds. The minimum atomic E-state index is 0.870. The molecule has 0 aliphatic rings. The predicted octanol–water partition coefficient (Wildman–Crippen LogP) is 5.88. The third-order valence-electron chi connectivity index (χ3n) is 5.30. The summed E-state index contributed by atoms with van der Waals surface area (Å²) in [5.74, 6) is 0.870. The Balaban J connectivity index is 1.91. The SMILES string of the molecule is CCc1ccc(-c2cc3ncccc3c3cc4cc(OC)ccc4n23)cc1. The van der Waals surface area contributed by atoms with Crippen LogP contribution in [-0.4, -0.2) is 16.5 Å². The molecule has 0 N–H and O–H groups in total. The minimum Gasteiger partial charge on any atom is -0.497 e. The topological polar surface area (TPSA) is 26.5 Å². The molecule has 0 saturated heterocycles. The van der Waals surface area contributed by atoms with E-state index < -0.39 is 0 Å². The van der Waals surface area contributed by atoms with Gasteiger partial charge < -0.3 is 9.14 Å². The lowest BCUT2D eigenvalue weighted by atomic mass is 10.1. The Bertz CT molecular complexity index is 1280. The van der Waals surface area contributed by atoms with E-state index in [1.807, 2.05) is 18.3 Å². The normalized spacial score (nSPS) is 11.5. The molecule has 0 unspecified atom stereocenters. The lowest BCUT2D eigenvalue weighted by Gasteiger charge is -2.11. The highest BCUT2D eigenvalue weighted by molar-refractivity contribution is 6.03. The molecule has 2 aromatic carbocycles. The van der Waals surface area contributed by atoms with Gasteiger partial charge in [0.25, 0.3) is 0 Å². The third kappa shape index (κ3) is 2.47. The van der Waals surface area contributed by atoms with Crippen molar-refractivity contribution in [1.29, 1.82) is 0 Å². The highest BCUT2D eigenvalue weighted by atomic mass is 16.5. The Morgan fingerprint density at radius 3 is 2.56 bits per heavy atom. The van der Waals surface area contributed by atoms with Gasteiger partial charge in [-0.1, -0.05) is 31.2 Å². The number of pyridine rings is 2. The zero-order valence-electron chi connectivity index (χ0n) is 15.4. The van der Waals surface area contributed by atoms with Crippen molar-refractivity contribution < 1.29 is 4.74 Å². The fourth-order valence-corrected chi connectivity index (χ4v) is 3.84. The molecule has 132 valence electrons. The molecule has 0 aliphatic carbocycles. The summed E-state index contributed by atoms with van der Waals surface area (Å²) in [5, 5.41) is 2.32. The Kier molecular flexibility index (Phi) is 3.61. The molecule has 3 heterocycles. The van der Waals surface area contributed by atoms with Gasteiger partial charge in [-0.3, -0.25) is 4.98 Å². The first-order valence-electron chi connectivity index (χ1n) is 9.25. The number of nitrogens with zero attached hydrogens (tertiary/aromatic N) is 2. The molecule has 0 radical (unpaired) electrons. The Labute approximate surface area is 157 Å². The van der Waals surface area contributed by atoms with Crippen LogP contribution in [-0.2, 0) is 6.42 Å².